The monoisotopic (exact) mass is 362 g/mol. The standard InChI is InChI=1S/C13H19BrN2O3S/c14-11-4-5-12(13(10-11)20(15,17)18)19-9-8-16-6-2-1-3-7-16/h4-5,10H,1-3,6-9H2,(H2,15,17,18). The van der Waals surface area contributed by atoms with Crippen molar-refractivity contribution in [3.63, 3.8) is 0 Å². The van der Waals surface area contributed by atoms with Gasteiger partial charge in [0.05, 0.1) is 0 Å². The largest absolute Gasteiger partial charge is 0.491 e. The van der Waals surface area contributed by atoms with Gasteiger partial charge in [-0.25, -0.2) is 13.6 Å². The third-order valence-corrected chi connectivity index (χ3v) is 4.75. The molecule has 20 heavy (non-hydrogen) atoms. The van der Waals surface area contributed by atoms with Crippen LogP contribution in [-0.4, -0.2) is 39.6 Å². The lowest BCUT2D eigenvalue weighted by molar-refractivity contribution is 0.181. The summed E-state index contributed by atoms with van der Waals surface area (Å²) < 4.78 is 29.3. The molecule has 1 aromatic carbocycles. The molecule has 1 aromatic rings. The third kappa shape index (κ3) is 4.44. The fraction of sp³-hybridized carbons (Fsp3) is 0.538. The van der Waals surface area contributed by atoms with Crippen molar-refractivity contribution < 1.29 is 13.2 Å². The Morgan fingerprint density at radius 1 is 1.25 bits per heavy atom. The van der Waals surface area contributed by atoms with Gasteiger partial charge >= 0.3 is 0 Å². The van der Waals surface area contributed by atoms with E-state index >= 15 is 0 Å². The minimum Gasteiger partial charge on any atom is -0.491 e. The molecule has 0 amide bonds. The Morgan fingerprint density at radius 3 is 2.60 bits per heavy atom. The van der Waals surface area contributed by atoms with Crippen LogP contribution in [0, 0.1) is 0 Å². The van der Waals surface area contributed by atoms with E-state index in [-0.39, 0.29) is 4.90 Å². The number of piperidine rings is 1. The zero-order chi connectivity index (χ0) is 14.6. The van der Waals surface area contributed by atoms with Gasteiger partial charge in [0.1, 0.15) is 17.3 Å². The van der Waals surface area contributed by atoms with Gasteiger partial charge in [-0.15, -0.1) is 0 Å². The topological polar surface area (TPSA) is 72.6 Å². The summed E-state index contributed by atoms with van der Waals surface area (Å²) >= 11 is 3.24. The first-order valence-corrected chi connectivity index (χ1v) is 8.98. The number of ether oxygens (including phenoxy) is 1. The van der Waals surface area contributed by atoms with E-state index in [9.17, 15) is 8.42 Å². The summed E-state index contributed by atoms with van der Waals surface area (Å²) in [5.74, 6) is 0.313. The van der Waals surface area contributed by atoms with Crippen molar-refractivity contribution >= 4 is 26.0 Å². The highest BCUT2D eigenvalue weighted by molar-refractivity contribution is 9.10. The quantitative estimate of drug-likeness (QED) is 0.868. The van der Waals surface area contributed by atoms with E-state index < -0.39 is 10.0 Å². The van der Waals surface area contributed by atoms with Crippen LogP contribution in [0.25, 0.3) is 0 Å². The maximum atomic E-state index is 11.5. The number of likely N-dealkylation sites (tertiary alicyclic amines) is 1. The van der Waals surface area contributed by atoms with E-state index in [1.165, 1.54) is 25.3 Å². The average Bonchev–Trinajstić information content (AvgIpc) is 2.40. The van der Waals surface area contributed by atoms with Crippen molar-refractivity contribution in [2.24, 2.45) is 5.14 Å². The summed E-state index contributed by atoms with van der Waals surface area (Å²) in [7, 11) is -3.78. The van der Waals surface area contributed by atoms with Gasteiger partial charge in [-0.1, -0.05) is 22.4 Å². The molecule has 1 saturated heterocycles. The Kier molecular flexibility index (Phi) is 5.42. The highest BCUT2D eigenvalue weighted by Crippen LogP contribution is 2.26. The molecular formula is C13H19BrN2O3S. The predicted octanol–water partition coefficient (Wildman–Crippen LogP) is 1.96. The van der Waals surface area contributed by atoms with Crippen LogP contribution in [0.3, 0.4) is 0 Å². The van der Waals surface area contributed by atoms with Crippen LogP contribution in [0.5, 0.6) is 5.75 Å². The molecule has 2 N–H and O–H groups in total. The number of hydrogen-bond donors (Lipinski definition) is 1. The predicted molar refractivity (Wildman–Crippen MR) is 81.3 cm³/mol. The lowest BCUT2D eigenvalue weighted by Gasteiger charge is -2.26. The number of primary sulfonamides is 1. The Balaban J connectivity index is 1.98. The van der Waals surface area contributed by atoms with Gasteiger partial charge in [0.25, 0.3) is 0 Å². The number of halogens is 1. The summed E-state index contributed by atoms with van der Waals surface area (Å²) in [6.07, 6.45) is 3.74. The summed E-state index contributed by atoms with van der Waals surface area (Å²) in [6.45, 7) is 3.45. The Bertz CT molecular complexity index is 557. The van der Waals surface area contributed by atoms with Gasteiger partial charge in [0.15, 0.2) is 0 Å². The fourth-order valence-electron chi connectivity index (χ4n) is 2.29. The summed E-state index contributed by atoms with van der Waals surface area (Å²) in [5.41, 5.74) is 0. The number of nitrogens with two attached hydrogens (primary N) is 1. The molecule has 1 fully saturated rings. The van der Waals surface area contributed by atoms with E-state index in [4.69, 9.17) is 9.88 Å². The van der Waals surface area contributed by atoms with Crippen molar-refractivity contribution in [1.82, 2.24) is 4.90 Å². The van der Waals surface area contributed by atoms with Gasteiger partial charge in [0, 0.05) is 11.0 Å². The van der Waals surface area contributed by atoms with Crippen LogP contribution in [-0.2, 0) is 10.0 Å². The number of benzene rings is 1. The molecular weight excluding hydrogens is 344 g/mol. The molecule has 0 aliphatic carbocycles. The van der Waals surface area contributed by atoms with E-state index in [1.807, 2.05) is 0 Å². The molecule has 0 bridgehead atoms. The second-order valence-electron chi connectivity index (χ2n) is 4.89. The minimum absolute atomic E-state index is 0.0190. The summed E-state index contributed by atoms with van der Waals surface area (Å²) in [4.78, 5) is 2.35. The second kappa shape index (κ2) is 6.89. The van der Waals surface area contributed by atoms with Crippen LogP contribution in [0.2, 0.25) is 0 Å². The van der Waals surface area contributed by atoms with E-state index in [2.05, 4.69) is 20.8 Å². The molecule has 0 aromatic heterocycles. The Morgan fingerprint density at radius 2 is 1.95 bits per heavy atom. The van der Waals surface area contributed by atoms with Crippen molar-refractivity contribution in [2.45, 2.75) is 24.2 Å². The highest BCUT2D eigenvalue weighted by atomic mass is 79.9. The van der Waals surface area contributed by atoms with E-state index in [0.29, 0.717) is 16.8 Å². The lowest BCUT2D eigenvalue weighted by atomic mass is 10.1. The maximum Gasteiger partial charge on any atom is 0.241 e. The first-order valence-electron chi connectivity index (χ1n) is 6.64. The molecule has 1 aliphatic rings. The van der Waals surface area contributed by atoms with Crippen LogP contribution in [0.4, 0.5) is 0 Å². The van der Waals surface area contributed by atoms with Gasteiger partial charge in [-0.3, -0.25) is 4.90 Å². The number of hydrogen-bond acceptors (Lipinski definition) is 4. The van der Waals surface area contributed by atoms with Crippen molar-refractivity contribution in [2.75, 3.05) is 26.2 Å². The van der Waals surface area contributed by atoms with E-state index in [0.717, 1.165) is 19.6 Å². The summed E-state index contributed by atoms with van der Waals surface area (Å²) in [6, 6.07) is 4.83. The molecule has 0 atom stereocenters. The smallest absolute Gasteiger partial charge is 0.241 e. The Hall–Kier alpha value is -0.630. The normalized spacial score (nSPS) is 17.1. The highest BCUT2D eigenvalue weighted by Gasteiger charge is 2.16. The zero-order valence-corrected chi connectivity index (χ0v) is 13.6. The van der Waals surface area contributed by atoms with Crippen LogP contribution < -0.4 is 9.88 Å². The summed E-state index contributed by atoms with van der Waals surface area (Å²) in [5, 5.41) is 5.20. The SMILES string of the molecule is NS(=O)(=O)c1cc(Br)ccc1OCCN1CCCCC1. The van der Waals surface area contributed by atoms with Crippen LogP contribution in [0.15, 0.2) is 27.6 Å². The van der Waals surface area contributed by atoms with Gasteiger partial charge in [-0.2, -0.15) is 0 Å². The fourth-order valence-corrected chi connectivity index (χ4v) is 3.50. The molecule has 0 radical (unpaired) electrons. The molecule has 5 nitrogen and oxygen atoms in total. The van der Waals surface area contributed by atoms with Gasteiger partial charge in [0.2, 0.25) is 10.0 Å². The average molecular weight is 363 g/mol. The molecule has 0 spiro atoms. The van der Waals surface area contributed by atoms with Gasteiger partial charge < -0.3 is 4.74 Å². The third-order valence-electron chi connectivity index (χ3n) is 3.33. The van der Waals surface area contributed by atoms with Crippen molar-refractivity contribution in [3.05, 3.63) is 22.7 Å². The first-order chi connectivity index (χ1) is 9.47. The molecule has 1 heterocycles. The van der Waals surface area contributed by atoms with Gasteiger partial charge in [-0.05, 0) is 44.1 Å². The van der Waals surface area contributed by atoms with Crippen LogP contribution >= 0.6 is 15.9 Å². The first kappa shape index (κ1) is 15.8. The number of sulfonamides is 1. The molecule has 2 rings (SSSR count). The van der Waals surface area contributed by atoms with Crippen molar-refractivity contribution in [1.29, 1.82) is 0 Å². The lowest BCUT2D eigenvalue weighted by Crippen LogP contribution is -2.33. The molecule has 0 unspecified atom stereocenters. The van der Waals surface area contributed by atoms with Crippen LogP contribution in [0.1, 0.15) is 19.3 Å². The zero-order valence-electron chi connectivity index (χ0n) is 11.2. The van der Waals surface area contributed by atoms with Crippen molar-refractivity contribution in [3.8, 4) is 5.75 Å². The number of nitrogens with zero attached hydrogens (tertiary/aromatic N) is 1. The maximum absolute atomic E-state index is 11.5. The Labute approximate surface area is 128 Å². The molecule has 7 heteroatoms. The molecule has 1 aliphatic heterocycles. The minimum atomic E-state index is -3.78. The molecule has 112 valence electrons. The molecule has 0 saturated carbocycles. The van der Waals surface area contributed by atoms with E-state index in [1.54, 1.807) is 12.1 Å². The second-order valence-corrected chi connectivity index (χ2v) is 7.33. The number of rotatable bonds is 5.